The number of nitrogens with one attached hydrogen (secondary N) is 1. The molecule has 35 heavy (non-hydrogen) atoms. The topological polar surface area (TPSA) is 71.5 Å². The van der Waals surface area contributed by atoms with E-state index in [2.05, 4.69) is 22.4 Å². The smallest absolute Gasteiger partial charge is 0.419 e. The number of halogens is 3. The maximum Gasteiger partial charge on any atom is 0.419 e. The average Bonchev–Trinajstić information content (AvgIpc) is 3.65. The number of carboxylic acid groups (broad SMARTS) is 1. The zero-order valence-electron chi connectivity index (χ0n) is 19.8. The highest BCUT2D eigenvalue weighted by molar-refractivity contribution is 5.71. The first-order valence-corrected chi connectivity index (χ1v) is 12.5. The van der Waals surface area contributed by atoms with Crippen LogP contribution in [-0.4, -0.2) is 27.7 Å². The number of anilines is 1. The largest absolute Gasteiger partial charge is 0.487 e. The molecule has 5 rings (SSSR count). The second-order valence-electron chi connectivity index (χ2n) is 10.5. The molecule has 1 spiro atoms. The molecule has 8 heteroatoms. The molecule has 0 bridgehead atoms. The standard InChI is InChI=1S/C27H31F3N2O3/c1-16(25(33)34)23(18-5-6-18)19-7-4-17-8-11-26(35-22(17)15-19)12-9-20(10-13-26)32-24-21(27(28,29)30)3-2-14-31-24/h2-4,7,14-16,18,20,23H,5-6,8-13H2,1H3,(H,31,32)(H,33,34). The molecule has 3 aliphatic rings. The third kappa shape index (κ3) is 4.98. The Morgan fingerprint density at radius 3 is 2.57 bits per heavy atom. The summed E-state index contributed by atoms with van der Waals surface area (Å²) in [6.07, 6.45) is 3.71. The average molecular weight is 489 g/mol. The number of ether oxygens (including phenoxy) is 1. The van der Waals surface area contributed by atoms with Crippen molar-refractivity contribution in [1.29, 1.82) is 0 Å². The van der Waals surface area contributed by atoms with Crippen LogP contribution in [0.4, 0.5) is 19.0 Å². The summed E-state index contributed by atoms with van der Waals surface area (Å²) in [5.41, 5.74) is 1.11. The predicted molar refractivity (Wildman–Crippen MR) is 126 cm³/mol. The predicted octanol–water partition coefficient (Wildman–Crippen LogP) is 6.43. The van der Waals surface area contributed by atoms with Crippen LogP contribution in [0.3, 0.4) is 0 Å². The number of carboxylic acids is 1. The fourth-order valence-corrected chi connectivity index (χ4v) is 5.89. The summed E-state index contributed by atoms with van der Waals surface area (Å²) in [6.45, 7) is 1.78. The maximum absolute atomic E-state index is 13.3. The Morgan fingerprint density at radius 1 is 1.17 bits per heavy atom. The van der Waals surface area contributed by atoms with Crippen molar-refractivity contribution in [2.75, 3.05) is 5.32 Å². The fraction of sp³-hybridized carbons (Fsp3) is 0.556. The second-order valence-corrected chi connectivity index (χ2v) is 10.5. The molecule has 0 saturated heterocycles. The van der Waals surface area contributed by atoms with E-state index in [1.165, 1.54) is 12.3 Å². The van der Waals surface area contributed by atoms with Crippen molar-refractivity contribution in [1.82, 2.24) is 4.98 Å². The number of nitrogens with zero attached hydrogens (tertiary/aromatic N) is 1. The number of aromatic nitrogens is 1. The maximum atomic E-state index is 13.3. The van der Waals surface area contributed by atoms with Crippen LogP contribution in [0.5, 0.6) is 5.75 Å². The van der Waals surface area contributed by atoms with Gasteiger partial charge in [-0.2, -0.15) is 13.2 Å². The Bertz CT molecular complexity index is 1090. The molecule has 1 aromatic heterocycles. The summed E-state index contributed by atoms with van der Waals surface area (Å²) in [5, 5.41) is 12.6. The summed E-state index contributed by atoms with van der Waals surface area (Å²) >= 11 is 0. The van der Waals surface area contributed by atoms with Gasteiger partial charge in [-0.1, -0.05) is 19.1 Å². The van der Waals surface area contributed by atoms with Crippen molar-refractivity contribution < 1.29 is 27.8 Å². The van der Waals surface area contributed by atoms with Gasteiger partial charge in [0.15, 0.2) is 0 Å². The van der Waals surface area contributed by atoms with Gasteiger partial charge in [-0.15, -0.1) is 0 Å². The minimum absolute atomic E-state index is 0.0135. The van der Waals surface area contributed by atoms with Crippen molar-refractivity contribution in [3.63, 3.8) is 0 Å². The van der Waals surface area contributed by atoms with Gasteiger partial charge in [0.2, 0.25) is 0 Å². The van der Waals surface area contributed by atoms with Gasteiger partial charge in [0.1, 0.15) is 17.2 Å². The number of aliphatic carboxylic acids is 1. The summed E-state index contributed by atoms with van der Waals surface area (Å²) in [4.78, 5) is 15.7. The van der Waals surface area contributed by atoms with E-state index in [1.54, 1.807) is 6.92 Å². The van der Waals surface area contributed by atoms with E-state index in [4.69, 9.17) is 4.74 Å². The lowest BCUT2D eigenvalue weighted by molar-refractivity contribution is -0.142. The van der Waals surface area contributed by atoms with E-state index < -0.39 is 23.6 Å². The monoisotopic (exact) mass is 488 g/mol. The number of benzene rings is 1. The summed E-state index contributed by atoms with van der Waals surface area (Å²) < 4.78 is 46.6. The first kappa shape index (κ1) is 23.9. The van der Waals surface area contributed by atoms with Gasteiger partial charge in [-0.25, -0.2) is 4.98 Å². The van der Waals surface area contributed by atoms with Crippen LogP contribution in [0.1, 0.15) is 74.5 Å². The molecular formula is C27H31F3N2O3. The van der Waals surface area contributed by atoms with Crippen LogP contribution in [0.15, 0.2) is 36.5 Å². The van der Waals surface area contributed by atoms with E-state index in [0.717, 1.165) is 61.5 Å². The van der Waals surface area contributed by atoms with Crippen LogP contribution >= 0.6 is 0 Å². The Labute approximate surface area is 203 Å². The summed E-state index contributed by atoms with van der Waals surface area (Å²) in [7, 11) is 0. The number of aryl methyl sites for hydroxylation is 1. The van der Waals surface area contributed by atoms with Gasteiger partial charge in [-0.05, 0) is 92.5 Å². The van der Waals surface area contributed by atoms with Crippen LogP contribution in [0.2, 0.25) is 0 Å². The number of rotatable bonds is 6. The SMILES string of the molecule is CC(C(=O)O)C(c1ccc2c(c1)OC1(CC2)CCC(Nc2ncccc2C(F)(F)F)CC1)C1CC1. The number of fused-ring (bicyclic) bond motifs is 1. The molecule has 2 unspecified atom stereocenters. The third-order valence-corrected chi connectivity index (χ3v) is 8.06. The van der Waals surface area contributed by atoms with Gasteiger partial charge in [-0.3, -0.25) is 4.79 Å². The van der Waals surface area contributed by atoms with Crippen molar-refractivity contribution in [3.05, 3.63) is 53.2 Å². The van der Waals surface area contributed by atoms with Gasteiger partial charge in [0, 0.05) is 12.2 Å². The van der Waals surface area contributed by atoms with Gasteiger partial charge in [0.05, 0.1) is 11.5 Å². The Balaban J connectivity index is 1.28. The van der Waals surface area contributed by atoms with E-state index >= 15 is 0 Å². The molecule has 2 fully saturated rings. The van der Waals surface area contributed by atoms with E-state index in [-0.39, 0.29) is 23.4 Å². The first-order valence-electron chi connectivity index (χ1n) is 12.5. The third-order valence-electron chi connectivity index (χ3n) is 8.06. The fourth-order valence-electron chi connectivity index (χ4n) is 5.89. The van der Waals surface area contributed by atoms with Gasteiger partial charge in [0.25, 0.3) is 0 Å². The van der Waals surface area contributed by atoms with Gasteiger partial charge >= 0.3 is 12.1 Å². The van der Waals surface area contributed by atoms with Crippen LogP contribution < -0.4 is 10.1 Å². The van der Waals surface area contributed by atoms with Crippen molar-refractivity contribution in [2.24, 2.45) is 11.8 Å². The highest BCUT2D eigenvalue weighted by Gasteiger charge is 2.43. The number of carbonyl (C=O) groups is 1. The minimum atomic E-state index is -4.45. The zero-order chi connectivity index (χ0) is 24.8. The van der Waals surface area contributed by atoms with Gasteiger partial charge < -0.3 is 15.2 Å². The number of pyridine rings is 1. The number of hydrogen-bond acceptors (Lipinski definition) is 4. The molecule has 2 aliphatic carbocycles. The van der Waals surface area contributed by atoms with E-state index in [0.29, 0.717) is 18.8 Å². The quantitative estimate of drug-likeness (QED) is 0.490. The molecule has 2 heterocycles. The van der Waals surface area contributed by atoms with Crippen molar-refractivity contribution >= 4 is 11.8 Å². The normalized spacial score (nSPS) is 25.9. The lowest BCUT2D eigenvalue weighted by Crippen LogP contribution is -2.45. The van der Waals surface area contributed by atoms with Crippen LogP contribution in [0.25, 0.3) is 0 Å². The molecule has 188 valence electrons. The highest BCUT2D eigenvalue weighted by atomic mass is 19.4. The molecule has 0 radical (unpaired) electrons. The Morgan fingerprint density at radius 2 is 1.91 bits per heavy atom. The highest BCUT2D eigenvalue weighted by Crippen LogP contribution is 2.49. The lowest BCUT2D eigenvalue weighted by atomic mass is 9.76. The minimum Gasteiger partial charge on any atom is -0.487 e. The molecule has 2 N–H and O–H groups in total. The number of hydrogen-bond donors (Lipinski definition) is 2. The first-order chi connectivity index (χ1) is 16.7. The zero-order valence-corrected chi connectivity index (χ0v) is 19.8. The van der Waals surface area contributed by atoms with E-state index in [1.807, 2.05) is 6.07 Å². The summed E-state index contributed by atoms with van der Waals surface area (Å²) in [5.74, 6) is -0.101. The van der Waals surface area contributed by atoms with Crippen molar-refractivity contribution in [2.45, 2.75) is 82.0 Å². The lowest BCUT2D eigenvalue weighted by Gasteiger charge is -2.44. The molecule has 1 aliphatic heterocycles. The molecule has 1 aromatic carbocycles. The van der Waals surface area contributed by atoms with E-state index in [9.17, 15) is 23.1 Å². The van der Waals surface area contributed by atoms with Crippen LogP contribution in [-0.2, 0) is 17.4 Å². The Kier molecular flexibility index (Phi) is 6.18. The number of alkyl halides is 3. The molecule has 0 amide bonds. The van der Waals surface area contributed by atoms with Crippen LogP contribution in [0, 0.1) is 11.8 Å². The second kappa shape index (κ2) is 9.03. The van der Waals surface area contributed by atoms with Crippen molar-refractivity contribution in [3.8, 4) is 5.75 Å². The summed E-state index contributed by atoms with van der Waals surface area (Å²) in [6, 6.07) is 8.45. The molecule has 2 aromatic rings. The molecule has 2 atom stereocenters. The molecule has 2 saturated carbocycles. The molecular weight excluding hydrogens is 457 g/mol. The molecule has 5 nitrogen and oxygen atoms in total. The Hall–Kier alpha value is -2.77.